The molecule has 0 aliphatic heterocycles. The monoisotopic (exact) mass is 244 g/mol. The Hall–Kier alpha value is -0.610. The summed E-state index contributed by atoms with van der Waals surface area (Å²) in [4.78, 5) is 0.666. The Bertz CT molecular complexity index is 375. The quantitative estimate of drug-likeness (QED) is 0.823. The second-order valence-electron chi connectivity index (χ2n) is 4.30. The molecule has 1 fully saturated rings. The van der Waals surface area contributed by atoms with Crippen LogP contribution in [0.5, 0.6) is 0 Å². The summed E-state index contributed by atoms with van der Waals surface area (Å²) >= 11 is 1.38. The van der Waals surface area contributed by atoms with Crippen LogP contribution in [0.1, 0.15) is 25.7 Å². The molecule has 0 spiro atoms. The van der Waals surface area contributed by atoms with E-state index in [2.05, 4.69) is 0 Å². The number of benzene rings is 1. The molecule has 1 aromatic rings. The van der Waals surface area contributed by atoms with E-state index in [-0.39, 0.29) is 0 Å². The number of thioether (sulfide) groups is 1. The van der Waals surface area contributed by atoms with Gasteiger partial charge in [-0.2, -0.15) is 0 Å². The molecule has 0 saturated heterocycles. The molecule has 1 aliphatic carbocycles. The lowest BCUT2D eigenvalue weighted by atomic mass is 10.1. The third-order valence-electron chi connectivity index (χ3n) is 2.93. The molecule has 2 rings (SSSR count). The first-order valence-corrected chi connectivity index (χ1v) is 6.38. The summed E-state index contributed by atoms with van der Waals surface area (Å²) in [6.07, 6.45) is 3.72. The van der Waals surface area contributed by atoms with Gasteiger partial charge in [-0.1, -0.05) is 12.8 Å². The standard InChI is InChI=1S/C12H14F2OS/c13-10-4-3-9(7-11(10)14)16-8-12(15)5-1-2-6-12/h3-4,7,15H,1-2,5-6,8H2. The Balaban J connectivity index is 1.96. The summed E-state index contributed by atoms with van der Waals surface area (Å²) < 4.78 is 25.6. The Kier molecular flexibility index (Phi) is 3.50. The van der Waals surface area contributed by atoms with E-state index < -0.39 is 17.2 Å². The maximum absolute atomic E-state index is 12.9. The minimum absolute atomic E-state index is 0.554. The number of rotatable bonds is 3. The highest BCUT2D eigenvalue weighted by Gasteiger charge is 2.30. The zero-order chi connectivity index (χ0) is 11.6. The third kappa shape index (κ3) is 2.74. The predicted molar refractivity (Wildman–Crippen MR) is 60.5 cm³/mol. The van der Waals surface area contributed by atoms with Gasteiger partial charge in [0.25, 0.3) is 0 Å². The minimum atomic E-state index is -0.830. The topological polar surface area (TPSA) is 20.2 Å². The van der Waals surface area contributed by atoms with Crippen molar-refractivity contribution in [2.45, 2.75) is 36.2 Å². The Morgan fingerprint density at radius 2 is 1.88 bits per heavy atom. The molecule has 1 nitrogen and oxygen atoms in total. The summed E-state index contributed by atoms with van der Waals surface area (Å²) in [7, 11) is 0. The number of halogens is 2. The van der Waals surface area contributed by atoms with Crippen LogP contribution in [0.15, 0.2) is 23.1 Å². The Morgan fingerprint density at radius 3 is 2.50 bits per heavy atom. The van der Waals surface area contributed by atoms with Crippen LogP contribution in [0.4, 0.5) is 8.78 Å². The van der Waals surface area contributed by atoms with Crippen molar-refractivity contribution >= 4 is 11.8 Å². The SMILES string of the molecule is OC1(CSc2ccc(F)c(F)c2)CCCC1. The Morgan fingerprint density at radius 1 is 1.19 bits per heavy atom. The average Bonchev–Trinajstić information content (AvgIpc) is 2.68. The molecule has 1 saturated carbocycles. The summed E-state index contributed by atoms with van der Waals surface area (Å²) in [6, 6.07) is 3.84. The first-order chi connectivity index (χ1) is 7.59. The van der Waals surface area contributed by atoms with E-state index in [4.69, 9.17) is 0 Å². The highest BCUT2D eigenvalue weighted by atomic mass is 32.2. The van der Waals surface area contributed by atoms with Crippen LogP contribution in [-0.2, 0) is 0 Å². The molecule has 0 heterocycles. The number of hydrogen-bond acceptors (Lipinski definition) is 2. The van der Waals surface area contributed by atoms with Crippen LogP contribution in [-0.4, -0.2) is 16.5 Å². The molecule has 16 heavy (non-hydrogen) atoms. The lowest BCUT2D eigenvalue weighted by molar-refractivity contribution is 0.0732. The highest BCUT2D eigenvalue weighted by molar-refractivity contribution is 7.99. The van der Waals surface area contributed by atoms with Crippen LogP contribution >= 0.6 is 11.8 Å². The van der Waals surface area contributed by atoms with Crippen molar-refractivity contribution in [3.05, 3.63) is 29.8 Å². The van der Waals surface area contributed by atoms with Crippen LogP contribution in [0.2, 0.25) is 0 Å². The van der Waals surface area contributed by atoms with E-state index in [1.807, 2.05) is 0 Å². The first kappa shape index (κ1) is 11.9. The molecule has 0 atom stereocenters. The molecule has 1 aromatic carbocycles. The van der Waals surface area contributed by atoms with E-state index in [1.54, 1.807) is 6.07 Å². The van der Waals surface area contributed by atoms with Gasteiger partial charge >= 0.3 is 0 Å². The summed E-state index contributed by atoms with van der Waals surface area (Å²) in [5, 5.41) is 10.1. The molecule has 0 unspecified atom stereocenters. The average molecular weight is 244 g/mol. The molecule has 0 aromatic heterocycles. The summed E-state index contributed by atoms with van der Waals surface area (Å²) in [6.45, 7) is 0. The van der Waals surface area contributed by atoms with Gasteiger partial charge in [-0.05, 0) is 31.0 Å². The second kappa shape index (κ2) is 4.72. The van der Waals surface area contributed by atoms with Crippen LogP contribution in [0, 0.1) is 11.6 Å². The van der Waals surface area contributed by atoms with Crippen molar-refractivity contribution in [3.63, 3.8) is 0 Å². The van der Waals surface area contributed by atoms with Gasteiger partial charge in [0.15, 0.2) is 11.6 Å². The van der Waals surface area contributed by atoms with Gasteiger partial charge in [0.1, 0.15) is 0 Å². The zero-order valence-electron chi connectivity index (χ0n) is 8.88. The highest BCUT2D eigenvalue weighted by Crippen LogP contribution is 2.34. The minimum Gasteiger partial charge on any atom is -0.389 e. The lowest BCUT2D eigenvalue weighted by Crippen LogP contribution is -2.26. The van der Waals surface area contributed by atoms with Crippen LogP contribution < -0.4 is 0 Å². The largest absolute Gasteiger partial charge is 0.389 e. The maximum Gasteiger partial charge on any atom is 0.159 e. The predicted octanol–water partition coefficient (Wildman–Crippen LogP) is 3.36. The van der Waals surface area contributed by atoms with E-state index in [1.165, 1.54) is 17.8 Å². The molecular weight excluding hydrogens is 230 g/mol. The van der Waals surface area contributed by atoms with Gasteiger partial charge in [0.2, 0.25) is 0 Å². The van der Waals surface area contributed by atoms with Crippen LogP contribution in [0.25, 0.3) is 0 Å². The molecular formula is C12H14F2OS. The fourth-order valence-electron chi connectivity index (χ4n) is 1.96. The van der Waals surface area contributed by atoms with Crippen molar-refractivity contribution in [1.82, 2.24) is 0 Å². The van der Waals surface area contributed by atoms with Crippen molar-refractivity contribution in [2.75, 3.05) is 5.75 Å². The smallest absolute Gasteiger partial charge is 0.159 e. The maximum atomic E-state index is 12.9. The second-order valence-corrected chi connectivity index (χ2v) is 5.34. The van der Waals surface area contributed by atoms with E-state index in [0.29, 0.717) is 10.6 Å². The van der Waals surface area contributed by atoms with Crippen molar-refractivity contribution < 1.29 is 13.9 Å². The Labute approximate surface area is 97.9 Å². The lowest BCUT2D eigenvalue weighted by Gasteiger charge is -2.21. The molecule has 4 heteroatoms. The van der Waals surface area contributed by atoms with Crippen LogP contribution in [0.3, 0.4) is 0 Å². The van der Waals surface area contributed by atoms with Crippen molar-refractivity contribution in [2.24, 2.45) is 0 Å². The molecule has 0 amide bonds. The number of aliphatic hydroxyl groups is 1. The fraction of sp³-hybridized carbons (Fsp3) is 0.500. The van der Waals surface area contributed by atoms with Crippen molar-refractivity contribution in [3.8, 4) is 0 Å². The molecule has 0 radical (unpaired) electrons. The fourth-order valence-corrected chi connectivity index (χ4v) is 3.04. The molecule has 1 aliphatic rings. The van der Waals surface area contributed by atoms with Gasteiger partial charge in [0, 0.05) is 10.6 Å². The van der Waals surface area contributed by atoms with E-state index >= 15 is 0 Å². The molecule has 1 N–H and O–H groups in total. The van der Waals surface area contributed by atoms with Crippen molar-refractivity contribution in [1.29, 1.82) is 0 Å². The van der Waals surface area contributed by atoms with Gasteiger partial charge in [0.05, 0.1) is 5.60 Å². The van der Waals surface area contributed by atoms with Gasteiger partial charge in [-0.25, -0.2) is 8.78 Å². The van der Waals surface area contributed by atoms with Gasteiger partial charge in [-0.3, -0.25) is 0 Å². The molecule has 0 bridgehead atoms. The molecule has 88 valence electrons. The normalized spacial score (nSPS) is 18.9. The first-order valence-electron chi connectivity index (χ1n) is 5.39. The third-order valence-corrected chi connectivity index (χ3v) is 4.20. The number of hydrogen-bond donors (Lipinski definition) is 1. The summed E-state index contributed by atoms with van der Waals surface area (Å²) in [5.41, 5.74) is -0.616. The van der Waals surface area contributed by atoms with Gasteiger partial charge < -0.3 is 5.11 Å². The van der Waals surface area contributed by atoms with E-state index in [9.17, 15) is 13.9 Å². The van der Waals surface area contributed by atoms with E-state index in [0.717, 1.165) is 31.7 Å². The summed E-state index contributed by atoms with van der Waals surface area (Å²) in [5.74, 6) is -1.11. The zero-order valence-corrected chi connectivity index (χ0v) is 9.70. The van der Waals surface area contributed by atoms with Gasteiger partial charge in [-0.15, -0.1) is 11.8 Å².